The van der Waals surface area contributed by atoms with E-state index in [4.69, 9.17) is 4.55 Å². The molecule has 0 heterocycles. The van der Waals surface area contributed by atoms with Gasteiger partial charge in [-0.15, -0.1) is 0 Å². The first-order valence-corrected chi connectivity index (χ1v) is 18.0. The molecule has 8 heteroatoms. The molecule has 4 saturated carbocycles. The summed E-state index contributed by atoms with van der Waals surface area (Å²) >= 11 is 0. The molecule has 0 radical (unpaired) electrons. The molecule has 4 aliphatic rings. The van der Waals surface area contributed by atoms with Crippen LogP contribution in [0.25, 0.3) is 0 Å². The summed E-state index contributed by atoms with van der Waals surface area (Å²) in [6, 6.07) is 0. The summed E-state index contributed by atoms with van der Waals surface area (Å²) in [5.41, 5.74) is 1.09. The first-order valence-electron chi connectivity index (χ1n) is 16.3. The van der Waals surface area contributed by atoms with E-state index >= 15 is 0 Å². The zero-order valence-corrected chi connectivity index (χ0v) is 26.7. The minimum Gasteiger partial charge on any atom is -0.412 e. The number of amides is 1. The van der Waals surface area contributed by atoms with Gasteiger partial charge in [0.1, 0.15) is 0 Å². The van der Waals surface area contributed by atoms with Crippen LogP contribution >= 0.6 is 0 Å². The summed E-state index contributed by atoms with van der Waals surface area (Å²) in [4.78, 5) is 14.7. The molecular formula is C32H60N2O5S. The lowest BCUT2D eigenvalue weighted by Crippen LogP contribution is -2.53. The predicted octanol–water partition coefficient (Wildman–Crippen LogP) is 5.73. The van der Waals surface area contributed by atoms with Gasteiger partial charge in [0.25, 0.3) is 10.1 Å². The highest BCUT2D eigenvalue weighted by molar-refractivity contribution is 7.85. The van der Waals surface area contributed by atoms with Crippen LogP contribution in [0.15, 0.2) is 0 Å². The van der Waals surface area contributed by atoms with Crippen LogP contribution in [0.2, 0.25) is 0 Å². The lowest BCUT2D eigenvalue weighted by Gasteiger charge is -2.61. The Morgan fingerprint density at radius 1 is 0.950 bits per heavy atom. The molecule has 1 unspecified atom stereocenters. The van der Waals surface area contributed by atoms with Crippen molar-refractivity contribution in [2.45, 2.75) is 117 Å². The summed E-state index contributed by atoms with van der Waals surface area (Å²) in [6.07, 6.45) is 18.5. The monoisotopic (exact) mass is 584 g/mol. The number of carbonyl (C=O) groups excluding carboxylic acids is 1. The van der Waals surface area contributed by atoms with Crippen molar-refractivity contribution in [1.82, 2.24) is 10.2 Å². The van der Waals surface area contributed by atoms with E-state index in [2.05, 4.69) is 31.0 Å². The third kappa shape index (κ3) is 7.82. The van der Waals surface area contributed by atoms with E-state index in [1.54, 1.807) is 0 Å². The lowest BCUT2D eigenvalue weighted by molar-refractivity contribution is -0.122. The quantitative estimate of drug-likeness (QED) is 0.212. The van der Waals surface area contributed by atoms with Gasteiger partial charge in [-0.3, -0.25) is 9.35 Å². The minimum absolute atomic E-state index is 0. The molecule has 0 aliphatic heterocycles. The van der Waals surface area contributed by atoms with Gasteiger partial charge in [-0.1, -0.05) is 33.6 Å². The topological polar surface area (TPSA) is 118 Å². The zero-order valence-electron chi connectivity index (χ0n) is 25.9. The molecule has 0 spiro atoms. The van der Waals surface area contributed by atoms with E-state index in [0.717, 1.165) is 55.4 Å². The SMILES string of the molecule is C[C@H](CCC(=O)NCCCCN(C)CCCS(=O)(=O)O)[C@H]1CC[C@H]2[C@@H]3CCC4CCCC[C@]4(C)[C@H]3CC[C@]12C.O. The fourth-order valence-corrected chi connectivity index (χ4v) is 10.8. The van der Waals surface area contributed by atoms with Gasteiger partial charge in [0.2, 0.25) is 5.91 Å². The van der Waals surface area contributed by atoms with Gasteiger partial charge in [0.15, 0.2) is 0 Å². The molecule has 0 aromatic carbocycles. The van der Waals surface area contributed by atoms with Crippen molar-refractivity contribution in [1.29, 1.82) is 0 Å². The molecule has 234 valence electrons. The van der Waals surface area contributed by atoms with Gasteiger partial charge >= 0.3 is 0 Å². The van der Waals surface area contributed by atoms with Gasteiger partial charge in [0, 0.05) is 13.0 Å². The van der Waals surface area contributed by atoms with Crippen LogP contribution in [-0.2, 0) is 14.9 Å². The Morgan fingerprint density at radius 3 is 2.42 bits per heavy atom. The average Bonchev–Trinajstić information content (AvgIpc) is 3.23. The summed E-state index contributed by atoms with van der Waals surface area (Å²) in [7, 11) is -1.91. The number of hydrogen-bond donors (Lipinski definition) is 2. The van der Waals surface area contributed by atoms with Crippen LogP contribution in [0, 0.1) is 46.3 Å². The summed E-state index contributed by atoms with van der Waals surface area (Å²) in [6.45, 7) is 9.95. The molecule has 4 rings (SSSR count). The Morgan fingerprint density at radius 2 is 1.68 bits per heavy atom. The van der Waals surface area contributed by atoms with E-state index in [-0.39, 0.29) is 17.1 Å². The maximum absolute atomic E-state index is 12.6. The summed E-state index contributed by atoms with van der Waals surface area (Å²) in [5, 5.41) is 3.13. The number of nitrogens with one attached hydrogen (secondary N) is 1. The third-order valence-corrected chi connectivity index (χ3v) is 13.2. The van der Waals surface area contributed by atoms with Crippen LogP contribution in [0.5, 0.6) is 0 Å². The Bertz CT molecular complexity index is 928. The van der Waals surface area contributed by atoms with Crippen LogP contribution in [0.1, 0.15) is 117 Å². The second kappa shape index (κ2) is 14.2. The maximum Gasteiger partial charge on any atom is 0.264 e. The molecule has 40 heavy (non-hydrogen) atoms. The van der Waals surface area contributed by atoms with Crippen LogP contribution in [0.3, 0.4) is 0 Å². The molecule has 4 aliphatic carbocycles. The first-order chi connectivity index (χ1) is 18.4. The van der Waals surface area contributed by atoms with Crippen LogP contribution < -0.4 is 5.32 Å². The minimum atomic E-state index is -3.87. The molecule has 4 N–H and O–H groups in total. The number of rotatable bonds is 13. The predicted molar refractivity (Wildman–Crippen MR) is 163 cm³/mol. The van der Waals surface area contributed by atoms with Gasteiger partial charge < -0.3 is 15.7 Å². The Labute approximate surface area is 245 Å². The van der Waals surface area contributed by atoms with E-state index in [1.807, 2.05) is 7.05 Å². The summed E-state index contributed by atoms with van der Waals surface area (Å²) < 4.78 is 30.5. The highest BCUT2D eigenvalue weighted by atomic mass is 32.2. The smallest absolute Gasteiger partial charge is 0.264 e. The molecule has 1 amide bonds. The normalized spacial score (nSPS) is 36.2. The standard InChI is InChI=1S/C32H58N2O4S.H2O/c1-24(11-16-30(35)33-20-7-8-21-34(4)22-9-23-39(36,37)38)27-14-15-28-26-13-12-25-10-5-6-18-31(25,2)29(26)17-19-32(27,28)3;/h24-29H,5-23H2,1-4H3,(H,33,35)(H,36,37,38);1H2/t24-,25?,26+,27-,28+,29+,31+,32-;/m1./s1. The molecule has 8 atom stereocenters. The second-order valence-electron chi connectivity index (χ2n) is 14.6. The average molecular weight is 585 g/mol. The molecule has 0 saturated heterocycles. The largest absolute Gasteiger partial charge is 0.412 e. The molecular weight excluding hydrogens is 524 g/mol. The highest BCUT2D eigenvalue weighted by Gasteiger charge is 2.60. The van der Waals surface area contributed by atoms with E-state index in [0.29, 0.717) is 42.7 Å². The van der Waals surface area contributed by atoms with E-state index in [1.165, 1.54) is 64.2 Å². The fraction of sp³-hybridized carbons (Fsp3) is 0.969. The number of fused-ring (bicyclic) bond motifs is 5. The van der Waals surface area contributed by atoms with Crippen molar-refractivity contribution in [3.63, 3.8) is 0 Å². The number of unbranched alkanes of at least 4 members (excludes halogenated alkanes) is 1. The van der Waals surface area contributed by atoms with Gasteiger partial charge in [0.05, 0.1) is 5.75 Å². The van der Waals surface area contributed by atoms with Crippen molar-refractivity contribution in [3.8, 4) is 0 Å². The summed E-state index contributed by atoms with van der Waals surface area (Å²) in [5.74, 6) is 5.19. The number of nitrogens with zero attached hydrogens (tertiary/aromatic N) is 1. The number of carbonyl (C=O) groups is 1. The Hall–Kier alpha value is -0.700. The Kier molecular flexibility index (Phi) is 12.0. The van der Waals surface area contributed by atoms with Crippen molar-refractivity contribution < 1.29 is 23.2 Å². The van der Waals surface area contributed by atoms with Crippen LogP contribution in [-0.4, -0.2) is 61.7 Å². The highest BCUT2D eigenvalue weighted by Crippen LogP contribution is 2.68. The molecule has 0 bridgehead atoms. The Balaban J connectivity index is 0.00000441. The second-order valence-corrected chi connectivity index (χ2v) is 16.2. The number of hydrogen-bond acceptors (Lipinski definition) is 4. The lowest BCUT2D eigenvalue weighted by atomic mass is 9.44. The van der Waals surface area contributed by atoms with Gasteiger partial charge in [-0.05, 0) is 144 Å². The van der Waals surface area contributed by atoms with E-state index in [9.17, 15) is 13.2 Å². The fourth-order valence-electron chi connectivity index (χ4n) is 10.3. The van der Waals surface area contributed by atoms with Gasteiger partial charge in [-0.25, -0.2) is 0 Å². The van der Waals surface area contributed by atoms with Crippen LogP contribution in [0.4, 0.5) is 0 Å². The van der Waals surface area contributed by atoms with E-state index < -0.39 is 10.1 Å². The zero-order chi connectivity index (χ0) is 28.3. The maximum atomic E-state index is 12.6. The van der Waals surface area contributed by atoms with Crippen molar-refractivity contribution in [2.75, 3.05) is 32.4 Å². The van der Waals surface area contributed by atoms with Crippen molar-refractivity contribution in [2.24, 2.45) is 46.3 Å². The molecule has 0 aromatic heterocycles. The molecule has 7 nitrogen and oxygen atoms in total. The third-order valence-electron chi connectivity index (χ3n) is 12.4. The molecule has 4 fully saturated rings. The van der Waals surface area contributed by atoms with Crippen molar-refractivity contribution in [3.05, 3.63) is 0 Å². The van der Waals surface area contributed by atoms with Gasteiger partial charge in [-0.2, -0.15) is 8.42 Å². The first kappa shape index (κ1) is 33.8. The molecule has 0 aromatic rings. The van der Waals surface area contributed by atoms with Crippen molar-refractivity contribution >= 4 is 16.0 Å².